The van der Waals surface area contributed by atoms with E-state index in [0.29, 0.717) is 36.6 Å². The third-order valence-electron chi connectivity index (χ3n) is 7.72. The van der Waals surface area contributed by atoms with Gasteiger partial charge in [0, 0.05) is 61.5 Å². The highest BCUT2D eigenvalue weighted by Crippen LogP contribution is 2.39. The molecule has 0 spiro atoms. The van der Waals surface area contributed by atoms with Crippen molar-refractivity contribution in [2.45, 2.75) is 45.2 Å². The molecule has 6 nitrogen and oxygen atoms in total. The maximum Gasteiger partial charge on any atom is 0.326 e. The summed E-state index contributed by atoms with van der Waals surface area (Å²) in [5.41, 5.74) is 7.02. The molecule has 6 rings (SSSR count). The smallest absolute Gasteiger partial charge is 0.326 e. The molecule has 3 heterocycles. The number of nitrogens with one attached hydrogen (secondary N) is 1. The number of nitriles is 1. The van der Waals surface area contributed by atoms with Crippen LogP contribution in [-0.4, -0.2) is 33.6 Å². The number of rotatable bonds is 6. The van der Waals surface area contributed by atoms with Gasteiger partial charge in [0.2, 0.25) is 0 Å². The second-order valence-corrected chi connectivity index (χ2v) is 10.5. The van der Waals surface area contributed by atoms with Crippen LogP contribution in [0.5, 0.6) is 0 Å². The third-order valence-corrected chi connectivity index (χ3v) is 7.72. The molecule has 0 saturated heterocycles. The van der Waals surface area contributed by atoms with Crippen LogP contribution in [0.15, 0.2) is 60.8 Å². The lowest BCUT2D eigenvalue weighted by atomic mass is 10.0. The molecular weight excluding hydrogens is 489 g/mol. The standard InChI is InChI=1S/C32H30FN5O/c1-21-4-5-22(15-28(21)33)3-2-13-37-14-11-30-27(20-37)26-9-6-23(18-34)17-31(26)38(30)32(39)36-19-24-10-12-35-29(16-24)25-7-8-25/h2-6,9-10,12,15-17,25H,7-8,11,13-14,19-20H2,1H3,(H,36,39)/b3-2+. The molecule has 1 amide bonds. The molecule has 1 N–H and O–H groups in total. The van der Waals surface area contributed by atoms with Crippen LogP contribution in [-0.2, 0) is 19.5 Å². The summed E-state index contributed by atoms with van der Waals surface area (Å²) in [6.45, 7) is 4.39. The highest BCUT2D eigenvalue weighted by Gasteiger charge is 2.27. The maximum absolute atomic E-state index is 13.9. The van der Waals surface area contributed by atoms with Gasteiger partial charge in [0.15, 0.2) is 0 Å². The van der Waals surface area contributed by atoms with Crippen molar-refractivity contribution >= 4 is 23.0 Å². The quantitative estimate of drug-likeness (QED) is 0.336. The van der Waals surface area contributed by atoms with Crippen LogP contribution in [0.2, 0.25) is 0 Å². The van der Waals surface area contributed by atoms with Gasteiger partial charge < -0.3 is 5.32 Å². The summed E-state index contributed by atoms with van der Waals surface area (Å²) < 4.78 is 15.7. The molecule has 1 aliphatic heterocycles. The lowest BCUT2D eigenvalue weighted by molar-refractivity contribution is 0.240. The Morgan fingerprint density at radius 2 is 2.08 bits per heavy atom. The van der Waals surface area contributed by atoms with Crippen molar-refractivity contribution in [1.82, 2.24) is 19.8 Å². The summed E-state index contributed by atoms with van der Waals surface area (Å²) >= 11 is 0. The van der Waals surface area contributed by atoms with Gasteiger partial charge in [-0.3, -0.25) is 14.5 Å². The first kappa shape index (κ1) is 25.0. The van der Waals surface area contributed by atoms with E-state index in [-0.39, 0.29) is 11.8 Å². The number of hydrogen-bond acceptors (Lipinski definition) is 4. The van der Waals surface area contributed by atoms with Gasteiger partial charge in [-0.2, -0.15) is 5.26 Å². The number of fused-ring (bicyclic) bond motifs is 3. The highest BCUT2D eigenvalue weighted by molar-refractivity contribution is 5.96. The van der Waals surface area contributed by atoms with E-state index in [2.05, 4.69) is 33.4 Å². The summed E-state index contributed by atoms with van der Waals surface area (Å²) in [6.07, 6.45) is 8.90. The van der Waals surface area contributed by atoms with Gasteiger partial charge >= 0.3 is 6.03 Å². The van der Waals surface area contributed by atoms with Gasteiger partial charge in [-0.15, -0.1) is 0 Å². The molecule has 1 aliphatic carbocycles. The second-order valence-electron chi connectivity index (χ2n) is 10.5. The molecule has 1 saturated carbocycles. The van der Waals surface area contributed by atoms with E-state index in [1.54, 1.807) is 29.7 Å². The first-order valence-corrected chi connectivity index (χ1v) is 13.4. The zero-order valence-electron chi connectivity index (χ0n) is 22.0. The van der Waals surface area contributed by atoms with Gasteiger partial charge in [0.05, 0.1) is 17.1 Å². The van der Waals surface area contributed by atoms with Crippen molar-refractivity contribution in [3.63, 3.8) is 0 Å². The van der Waals surface area contributed by atoms with Crippen molar-refractivity contribution in [3.05, 3.63) is 106 Å². The van der Waals surface area contributed by atoms with Crippen LogP contribution in [0, 0.1) is 24.1 Å². The Hall–Kier alpha value is -4.28. The van der Waals surface area contributed by atoms with Gasteiger partial charge in [-0.05, 0) is 72.4 Å². The van der Waals surface area contributed by atoms with E-state index in [4.69, 9.17) is 0 Å². The Morgan fingerprint density at radius 3 is 2.87 bits per heavy atom. The average Bonchev–Trinajstić information content (AvgIpc) is 3.76. The molecule has 1 fully saturated rings. The molecular formula is C32H30FN5O. The molecule has 2 aromatic heterocycles. The fraction of sp³-hybridized carbons (Fsp3) is 0.281. The fourth-order valence-electron chi connectivity index (χ4n) is 5.38. The first-order chi connectivity index (χ1) is 19.0. The number of aryl methyl sites for hydroxylation is 1. The van der Waals surface area contributed by atoms with Gasteiger partial charge in [-0.25, -0.2) is 9.18 Å². The number of carbonyl (C=O) groups is 1. The van der Waals surface area contributed by atoms with Gasteiger partial charge in [0.25, 0.3) is 0 Å². The molecule has 7 heteroatoms. The molecule has 39 heavy (non-hydrogen) atoms. The van der Waals surface area contributed by atoms with Crippen molar-refractivity contribution in [2.75, 3.05) is 13.1 Å². The summed E-state index contributed by atoms with van der Waals surface area (Å²) in [4.78, 5) is 20.3. The van der Waals surface area contributed by atoms with Crippen LogP contribution in [0.4, 0.5) is 9.18 Å². The minimum Gasteiger partial charge on any atom is -0.333 e. The molecule has 2 aliphatic rings. The van der Waals surface area contributed by atoms with Crippen molar-refractivity contribution in [1.29, 1.82) is 5.26 Å². The third kappa shape index (κ3) is 5.21. The number of hydrogen-bond donors (Lipinski definition) is 1. The van der Waals surface area contributed by atoms with Crippen molar-refractivity contribution in [2.24, 2.45) is 0 Å². The lowest BCUT2D eigenvalue weighted by Crippen LogP contribution is -2.34. The van der Waals surface area contributed by atoms with Crippen LogP contribution in [0.1, 0.15) is 58.0 Å². The number of pyridine rings is 1. The number of nitrogens with zero attached hydrogens (tertiary/aromatic N) is 4. The zero-order chi connectivity index (χ0) is 26.9. The van der Waals surface area contributed by atoms with Gasteiger partial charge in [0.1, 0.15) is 5.82 Å². The maximum atomic E-state index is 13.9. The summed E-state index contributed by atoms with van der Waals surface area (Å²) in [5.74, 6) is 0.358. The normalized spacial score (nSPS) is 15.4. The Balaban J connectivity index is 1.23. The predicted molar refractivity (Wildman–Crippen MR) is 150 cm³/mol. The van der Waals surface area contributed by atoms with E-state index in [0.717, 1.165) is 52.1 Å². The van der Waals surface area contributed by atoms with E-state index >= 15 is 0 Å². The highest BCUT2D eigenvalue weighted by atomic mass is 19.1. The Labute approximate surface area is 227 Å². The van der Waals surface area contributed by atoms with Crippen molar-refractivity contribution < 1.29 is 9.18 Å². The minimum absolute atomic E-state index is 0.184. The summed E-state index contributed by atoms with van der Waals surface area (Å²) in [5, 5.41) is 13.6. The second kappa shape index (κ2) is 10.5. The molecule has 0 radical (unpaired) electrons. The van der Waals surface area contributed by atoms with Crippen LogP contribution >= 0.6 is 0 Å². The summed E-state index contributed by atoms with van der Waals surface area (Å²) in [7, 11) is 0. The molecule has 0 unspecified atom stereocenters. The number of benzene rings is 2. The van der Waals surface area contributed by atoms with E-state index < -0.39 is 0 Å². The largest absolute Gasteiger partial charge is 0.333 e. The minimum atomic E-state index is -0.199. The number of carbonyl (C=O) groups excluding carboxylic acids is 1. The number of aromatic nitrogens is 2. The Kier molecular flexibility index (Phi) is 6.72. The van der Waals surface area contributed by atoms with Crippen LogP contribution in [0.25, 0.3) is 17.0 Å². The average molecular weight is 520 g/mol. The molecule has 0 atom stereocenters. The lowest BCUT2D eigenvalue weighted by Gasteiger charge is -2.27. The Bertz CT molecular complexity index is 1640. The van der Waals surface area contributed by atoms with Crippen LogP contribution in [0.3, 0.4) is 0 Å². The SMILES string of the molecule is Cc1ccc(/C=C/CN2CCc3c(c4ccc(C#N)cc4n3C(=O)NCc3ccnc(C4CC4)c3)C2)cc1F. The Morgan fingerprint density at radius 1 is 1.21 bits per heavy atom. The fourth-order valence-corrected chi connectivity index (χ4v) is 5.38. The summed E-state index contributed by atoms with van der Waals surface area (Å²) in [6, 6.07) is 16.9. The van der Waals surface area contributed by atoms with Crippen LogP contribution < -0.4 is 5.32 Å². The monoisotopic (exact) mass is 519 g/mol. The number of amides is 1. The molecule has 4 aromatic rings. The first-order valence-electron chi connectivity index (χ1n) is 13.4. The van der Waals surface area contributed by atoms with E-state index in [1.807, 2.05) is 36.5 Å². The number of halogens is 1. The topological polar surface area (TPSA) is 74.0 Å². The van der Waals surface area contributed by atoms with Gasteiger partial charge in [-0.1, -0.05) is 30.4 Å². The zero-order valence-corrected chi connectivity index (χ0v) is 22.0. The molecule has 196 valence electrons. The molecule has 0 bridgehead atoms. The molecule has 2 aromatic carbocycles. The van der Waals surface area contributed by atoms with E-state index in [9.17, 15) is 14.4 Å². The predicted octanol–water partition coefficient (Wildman–Crippen LogP) is 6.06. The van der Waals surface area contributed by atoms with E-state index in [1.165, 1.54) is 12.8 Å². The van der Waals surface area contributed by atoms with Crippen molar-refractivity contribution in [3.8, 4) is 6.07 Å².